The first kappa shape index (κ1) is 18.6. The van der Waals surface area contributed by atoms with Gasteiger partial charge in [0.1, 0.15) is 23.1 Å². The van der Waals surface area contributed by atoms with Crippen LogP contribution in [0.15, 0.2) is 30.5 Å². The molecule has 28 heavy (non-hydrogen) atoms. The summed E-state index contributed by atoms with van der Waals surface area (Å²) in [5, 5.41) is 9.49. The summed E-state index contributed by atoms with van der Waals surface area (Å²) >= 11 is 0. The van der Waals surface area contributed by atoms with Crippen LogP contribution in [0.2, 0.25) is 0 Å². The van der Waals surface area contributed by atoms with E-state index in [2.05, 4.69) is 45.6 Å². The van der Waals surface area contributed by atoms with Gasteiger partial charge in [0.05, 0.1) is 18.0 Å². The van der Waals surface area contributed by atoms with Crippen LogP contribution in [-0.2, 0) is 0 Å². The minimum absolute atomic E-state index is 0.0808. The number of rotatable bonds is 4. The molecule has 4 rings (SSSR count). The molecular weight excluding hydrogens is 355 g/mol. The van der Waals surface area contributed by atoms with Crippen molar-refractivity contribution in [1.82, 2.24) is 15.4 Å². The highest BCUT2D eigenvalue weighted by molar-refractivity contribution is 5.53. The monoisotopic (exact) mass is 380 g/mol. The molecule has 3 atom stereocenters. The number of halogens is 1. The summed E-state index contributed by atoms with van der Waals surface area (Å²) in [5.74, 6) is 2.05. The van der Waals surface area contributed by atoms with Crippen molar-refractivity contribution in [2.75, 3.05) is 23.4 Å². The number of nitrogens with zero attached hydrogens (tertiary/aromatic N) is 4. The van der Waals surface area contributed by atoms with Crippen LogP contribution >= 0.6 is 0 Å². The molecular formula is C21H25FN6. The number of aromatic nitrogens is 2. The summed E-state index contributed by atoms with van der Waals surface area (Å²) in [6, 6.07) is 9.08. The Morgan fingerprint density at radius 3 is 3.00 bits per heavy atom. The van der Waals surface area contributed by atoms with Crippen molar-refractivity contribution in [2.24, 2.45) is 17.8 Å². The average molecular weight is 380 g/mol. The lowest BCUT2D eigenvalue weighted by atomic mass is 9.81. The molecule has 2 aromatic rings. The lowest BCUT2D eigenvalue weighted by molar-refractivity contribution is 0.288. The second kappa shape index (κ2) is 7.72. The molecule has 3 unspecified atom stereocenters. The third-order valence-electron chi connectivity index (χ3n) is 5.61. The van der Waals surface area contributed by atoms with E-state index < -0.39 is 0 Å². The van der Waals surface area contributed by atoms with Crippen LogP contribution < -0.4 is 15.8 Å². The van der Waals surface area contributed by atoms with E-state index in [0.717, 1.165) is 37.3 Å². The lowest BCUT2D eigenvalue weighted by Crippen LogP contribution is -2.41. The maximum Gasteiger partial charge on any atom is 0.146 e. The van der Waals surface area contributed by atoms with Crippen LogP contribution in [0.4, 0.5) is 16.0 Å². The molecule has 0 bridgehead atoms. The molecule has 0 radical (unpaired) electrons. The van der Waals surface area contributed by atoms with Gasteiger partial charge in [-0.1, -0.05) is 19.9 Å². The second-order valence-corrected chi connectivity index (χ2v) is 8.04. The Kier molecular flexibility index (Phi) is 5.14. The molecule has 146 valence electrons. The Morgan fingerprint density at radius 2 is 2.21 bits per heavy atom. The van der Waals surface area contributed by atoms with Gasteiger partial charge in [0.25, 0.3) is 0 Å². The zero-order valence-corrected chi connectivity index (χ0v) is 16.2. The molecule has 1 fully saturated rings. The van der Waals surface area contributed by atoms with Crippen molar-refractivity contribution in [1.29, 1.82) is 5.26 Å². The maximum absolute atomic E-state index is 14.6. The summed E-state index contributed by atoms with van der Waals surface area (Å²) in [7, 11) is 0. The summed E-state index contributed by atoms with van der Waals surface area (Å²) in [6.07, 6.45) is 3.53. The quantitative estimate of drug-likeness (QED) is 0.843. The Hall–Kier alpha value is -2.72. The Bertz CT molecular complexity index is 893. The van der Waals surface area contributed by atoms with Crippen molar-refractivity contribution in [3.05, 3.63) is 47.5 Å². The van der Waals surface area contributed by atoms with Crippen molar-refractivity contribution in [3.63, 3.8) is 0 Å². The van der Waals surface area contributed by atoms with Crippen LogP contribution in [0.3, 0.4) is 0 Å². The number of anilines is 2. The molecule has 2 N–H and O–H groups in total. The number of hydrazine groups is 1. The minimum atomic E-state index is -0.383. The molecule has 7 heteroatoms. The summed E-state index contributed by atoms with van der Waals surface area (Å²) in [4.78, 5) is 11.1. The van der Waals surface area contributed by atoms with Gasteiger partial charge in [-0.25, -0.2) is 19.8 Å². The number of hydrogen-bond acceptors (Lipinski definition) is 6. The highest BCUT2D eigenvalue weighted by Gasteiger charge is 2.32. The van der Waals surface area contributed by atoms with E-state index in [1.807, 2.05) is 12.1 Å². The third kappa shape index (κ3) is 3.52. The lowest BCUT2D eigenvalue weighted by Gasteiger charge is -2.37. The Balaban J connectivity index is 1.60. The fraction of sp³-hybridized carbons (Fsp3) is 0.476. The topological polar surface area (TPSA) is 76.9 Å². The fourth-order valence-electron chi connectivity index (χ4n) is 4.27. The van der Waals surface area contributed by atoms with Gasteiger partial charge < -0.3 is 10.3 Å². The Labute approximate surface area is 164 Å². The molecule has 0 spiro atoms. The van der Waals surface area contributed by atoms with E-state index in [4.69, 9.17) is 0 Å². The first-order chi connectivity index (χ1) is 13.6. The van der Waals surface area contributed by atoms with Crippen molar-refractivity contribution >= 4 is 11.6 Å². The summed E-state index contributed by atoms with van der Waals surface area (Å²) in [5.41, 5.74) is 7.33. The number of piperidine rings is 1. The standard InChI is InChI=1S/C21H25FN6/c1-13(2)10-15-12-28(9-7-14(15)11-23)18-6-5-17(22)20(25-18)19-16-4-3-8-24-21(16)27-26-19/h3-6,8,13-15,19,26H,7,9-10,12H2,1-2H3,(H,24,27). The fourth-order valence-corrected chi connectivity index (χ4v) is 4.27. The maximum atomic E-state index is 14.6. The summed E-state index contributed by atoms with van der Waals surface area (Å²) < 4.78 is 14.6. The van der Waals surface area contributed by atoms with Crippen molar-refractivity contribution in [2.45, 2.75) is 32.7 Å². The van der Waals surface area contributed by atoms with E-state index in [0.29, 0.717) is 23.3 Å². The van der Waals surface area contributed by atoms with Crippen molar-refractivity contribution < 1.29 is 4.39 Å². The highest BCUT2D eigenvalue weighted by atomic mass is 19.1. The molecule has 1 saturated heterocycles. The van der Waals surface area contributed by atoms with E-state index in [1.54, 1.807) is 12.3 Å². The molecule has 2 aromatic heterocycles. The SMILES string of the molecule is CC(C)CC1CN(c2ccc(F)c(C3NNc4ncccc43)n2)CCC1C#N. The van der Waals surface area contributed by atoms with Gasteiger partial charge in [-0.2, -0.15) is 5.26 Å². The van der Waals surface area contributed by atoms with E-state index in [-0.39, 0.29) is 17.8 Å². The predicted octanol–water partition coefficient (Wildman–Crippen LogP) is 3.65. The molecule has 2 aliphatic rings. The van der Waals surface area contributed by atoms with Crippen LogP contribution in [0.1, 0.15) is 44.0 Å². The van der Waals surface area contributed by atoms with Gasteiger partial charge in [0.15, 0.2) is 0 Å². The van der Waals surface area contributed by atoms with Gasteiger partial charge in [-0.15, -0.1) is 0 Å². The van der Waals surface area contributed by atoms with Gasteiger partial charge in [0, 0.05) is 24.8 Å². The first-order valence-corrected chi connectivity index (χ1v) is 9.84. The minimum Gasteiger partial charge on any atom is -0.356 e. The molecule has 2 aliphatic heterocycles. The summed E-state index contributed by atoms with van der Waals surface area (Å²) in [6.45, 7) is 5.92. The van der Waals surface area contributed by atoms with Gasteiger partial charge in [-0.3, -0.25) is 0 Å². The average Bonchev–Trinajstić information content (AvgIpc) is 3.12. The van der Waals surface area contributed by atoms with Crippen LogP contribution in [0, 0.1) is 34.9 Å². The smallest absolute Gasteiger partial charge is 0.146 e. The van der Waals surface area contributed by atoms with E-state index in [1.165, 1.54) is 6.07 Å². The second-order valence-electron chi connectivity index (χ2n) is 8.04. The zero-order valence-electron chi connectivity index (χ0n) is 16.2. The van der Waals surface area contributed by atoms with Crippen molar-refractivity contribution in [3.8, 4) is 6.07 Å². The molecule has 4 heterocycles. The van der Waals surface area contributed by atoms with Crippen LogP contribution in [0.25, 0.3) is 0 Å². The molecule has 0 amide bonds. The van der Waals surface area contributed by atoms with Crippen LogP contribution in [0.5, 0.6) is 0 Å². The number of nitriles is 1. The third-order valence-corrected chi connectivity index (χ3v) is 5.61. The number of hydrogen-bond donors (Lipinski definition) is 2. The van der Waals surface area contributed by atoms with Gasteiger partial charge in [-0.05, 0) is 42.9 Å². The number of nitrogens with one attached hydrogen (secondary N) is 2. The molecule has 0 aromatic carbocycles. The molecule has 6 nitrogen and oxygen atoms in total. The molecule has 0 saturated carbocycles. The largest absolute Gasteiger partial charge is 0.356 e. The predicted molar refractivity (Wildman–Crippen MR) is 106 cm³/mol. The van der Waals surface area contributed by atoms with E-state index in [9.17, 15) is 9.65 Å². The van der Waals surface area contributed by atoms with E-state index >= 15 is 0 Å². The Morgan fingerprint density at radius 1 is 1.36 bits per heavy atom. The number of pyridine rings is 2. The van der Waals surface area contributed by atoms with Gasteiger partial charge in [0.2, 0.25) is 0 Å². The zero-order chi connectivity index (χ0) is 19.7. The van der Waals surface area contributed by atoms with Crippen LogP contribution in [-0.4, -0.2) is 23.1 Å². The number of fused-ring (bicyclic) bond motifs is 1. The molecule has 0 aliphatic carbocycles. The first-order valence-electron chi connectivity index (χ1n) is 9.84. The normalized spacial score (nSPS) is 24.0. The van der Waals surface area contributed by atoms with Gasteiger partial charge >= 0.3 is 0 Å². The highest BCUT2D eigenvalue weighted by Crippen LogP contribution is 2.34.